The van der Waals surface area contributed by atoms with Gasteiger partial charge in [0.05, 0.1) is 44.5 Å². The van der Waals surface area contributed by atoms with Crippen molar-refractivity contribution in [2.24, 2.45) is 0 Å². The molecule has 0 saturated heterocycles. The van der Waals surface area contributed by atoms with E-state index in [9.17, 15) is 4.79 Å². The predicted octanol–water partition coefficient (Wildman–Crippen LogP) is 4.06. The molecule has 0 bridgehead atoms. The summed E-state index contributed by atoms with van der Waals surface area (Å²) in [5.41, 5.74) is 1.07. The number of carbonyl (C=O) groups excluding carboxylic acids is 1. The van der Waals surface area contributed by atoms with Crippen molar-refractivity contribution in [1.82, 2.24) is 0 Å². The summed E-state index contributed by atoms with van der Waals surface area (Å²) in [6, 6.07) is 6.99. The molecule has 2 aromatic rings. The number of ketones is 1. The second kappa shape index (κ2) is 8.26. The van der Waals surface area contributed by atoms with Crippen LogP contribution in [0, 0.1) is 0 Å². The number of carbonyl (C=O) groups is 1. The van der Waals surface area contributed by atoms with Crippen LogP contribution >= 0.6 is 11.8 Å². The molecule has 0 saturated carbocycles. The van der Waals surface area contributed by atoms with E-state index in [0.29, 0.717) is 45.8 Å². The molecule has 0 unspecified atom stereocenters. The standard InChI is InChI=1S/C20H20O6S/c1-22-12-7-16(23-2)13(17(8-12)24-3)5-6-15(21)14-9-19-20(27-11-26-19)10-18(14)25-4/h5-10H,11H2,1-4H3/b6-5+. The highest BCUT2D eigenvalue weighted by molar-refractivity contribution is 7.99. The van der Waals surface area contributed by atoms with Gasteiger partial charge in [-0.3, -0.25) is 4.79 Å². The highest BCUT2D eigenvalue weighted by Crippen LogP contribution is 2.41. The molecule has 0 N–H and O–H groups in total. The molecule has 0 fully saturated rings. The molecule has 0 amide bonds. The van der Waals surface area contributed by atoms with Gasteiger partial charge >= 0.3 is 0 Å². The zero-order valence-corrected chi connectivity index (χ0v) is 16.3. The summed E-state index contributed by atoms with van der Waals surface area (Å²) in [7, 11) is 6.20. The molecule has 0 atom stereocenters. The van der Waals surface area contributed by atoms with Crippen LogP contribution in [0.2, 0.25) is 0 Å². The van der Waals surface area contributed by atoms with Crippen LogP contribution in [0.5, 0.6) is 28.7 Å². The second-order valence-corrected chi connectivity index (χ2v) is 6.51. The lowest BCUT2D eigenvalue weighted by Crippen LogP contribution is -2.00. The zero-order chi connectivity index (χ0) is 19.4. The van der Waals surface area contributed by atoms with E-state index in [1.54, 1.807) is 57.4 Å². The van der Waals surface area contributed by atoms with Crippen LogP contribution in [0.3, 0.4) is 0 Å². The average Bonchev–Trinajstić information content (AvgIpc) is 3.17. The molecule has 2 aromatic carbocycles. The third-order valence-corrected chi connectivity index (χ3v) is 4.98. The van der Waals surface area contributed by atoms with E-state index in [4.69, 9.17) is 23.7 Å². The van der Waals surface area contributed by atoms with Crippen molar-refractivity contribution in [1.29, 1.82) is 0 Å². The molecule has 1 heterocycles. The number of rotatable bonds is 7. The minimum atomic E-state index is -0.213. The van der Waals surface area contributed by atoms with Crippen molar-refractivity contribution in [3.63, 3.8) is 0 Å². The first-order chi connectivity index (χ1) is 13.1. The van der Waals surface area contributed by atoms with Gasteiger partial charge in [0.15, 0.2) is 5.78 Å². The maximum absolute atomic E-state index is 12.8. The molecule has 6 nitrogen and oxygen atoms in total. The van der Waals surface area contributed by atoms with Gasteiger partial charge in [-0.05, 0) is 24.3 Å². The Bertz CT molecular complexity index is 865. The summed E-state index contributed by atoms with van der Waals surface area (Å²) in [6.07, 6.45) is 3.11. The van der Waals surface area contributed by atoms with Crippen LogP contribution in [0.25, 0.3) is 6.08 Å². The normalized spacial score (nSPS) is 12.4. The van der Waals surface area contributed by atoms with E-state index in [2.05, 4.69) is 0 Å². The van der Waals surface area contributed by atoms with Crippen LogP contribution in [-0.2, 0) is 0 Å². The van der Waals surface area contributed by atoms with E-state index >= 15 is 0 Å². The van der Waals surface area contributed by atoms with Crippen molar-refractivity contribution < 1.29 is 28.5 Å². The van der Waals surface area contributed by atoms with Crippen molar-refractivity contribution in [3.05, 3.63) is 41.5 Å². The summed E-state index contributed by atoms with van der Waals surface area (Å²) in [4.78, 5) is 13.7. The molecular weight excluding hydrogens is 368 g/mol. The molecule has 0 aliphatic carbocycles. The van der Waals surface area contributed by atoms with Crippen LogP contribution in [0.15, 0.2) is 35.2 Å². The number of hydrogen-bond acceptors (Lipinski definition) is 7. The number of methoxy groups -OCH3 is 4. The summed E-state index contributed by atoms with van der Waals surface area (Å²) in [5.74, 6) is 3.20. The molecule has 0 radical (unpaired) electrons. The summed E-state index contributed by atoms with van der Waals surface area (Å²) >= 11 is 1.56. The van der Waals surface area contributed by atoms with Gasteiger partial charge in [-0.15, -0.1) is 0 Å². The monoisotopic (exact) mass is 388 g/mol. The van der Waals surface area contributed by atoms with E-state index < -0.39 is 0 Å². The highest BCUT2D eigenvalue weighted by atomic mass is 32.2. The fourth-order valence-electron chi connectivity index (χ4n) is 2.73. The number of fused-ring (bicyclic) bond motifs is 1. The van der Waals surface area contributed by atoms with Gasteiger partial charge in [0, 0.05) is 12.1 Å². The van der Waals surface area contributed by atoms with Crippen molar-refractivity contribution >= 4 is 23.6 Å². The lowest BCUT2D eigenvalue weighted by molar-refractivity contribution is 0.104. The van der Waals surface area contributed by atoms with Crippen LogP contribution in [-0.4, -0.2) is 40.2 Å². The van der Waals surface area contributed by atoms with Gasteiger partial charge in [-0.25, -0.2) is 0 Å². The van der Waals surface area contributed by atoms with Gasteiger partial charge in [0.25, 0.3) is 0 Å². The van der Waals surface area contributed by atoms with Crippen LogP contribution in [0.1, 0.15) is 15.9 Å². The third kappa shape index (κ3) is 3.83. The van der Waals surface area contributed by atoms with Gasteiger partial charge in [-0.1, -0.05) is 11.8 Å². The number of allylic oxidation sites excluding steroid dienone is 1. The van der Waals surface area contributed by atoms with Crippen molar-refractivity contribution in [2.45, 2.75) is 4.90 Å². The van der Waals surface area contributed by atoms with E-state index in [0.717, 1.165) is 4.90 Å². The predicted molar refractivity (Wildman–Crippen MR) is 104 cm³/mol. The second-order valence-electron chi connectivity index (χ2n) is 5.55. The Balaban J connectivity index is 1.96. The zero-order valence-electron chi connectivity index (χ0n) is 15.5. The minimum Gasteiger partial charge on any atom is -0.496 e. The quantitative estimate of drug-likeness (QED) is 0.523. The van der Waals surface area contributed by atoms with Gasteiger partial charge in [0.2, 0.25) is 0 Å². The lowest BCUT2D eigenvalue weighted by atomic mass is 10.1. The lowest BCUT2D eigenvalue weighted by Gasteiger charge is -2.12. The summed E-state index contributed by atoms with van der Waals surface area (Å²) < 4.78 is 26.9. The summed E-state index contributed by atoms with van der Waals surface area (Å²) in [5, 5.41) is 0. The third-order valence-electron chi connectivity index (χ3n) is 4.11. The maximum Gasteiger partial charge on any atom is 0.189 e. The number of ether oxygens (including phenoxy) is 5. The van der Waals surface area contributed by atoms with Crippen LogP contribution in [0.4, 0.5) is 0 Å². The Morgan fingerprint density at radius 3 is 2.22 bits per heavy atom. The summed E-state index contributed by atoms with van der Waals surface area (Å²) in [6.45, 7) is 0. The molecule has 1 aliphatic heterocycles. The molecule has 142 valence electrons. The molecule has 1 aliphatic rings. The largest absolute Gasteiger partial charge is 0.496 e. The Labute approximate surface area is 162 Å². The Hall–Kier alpha value is -2.80. The minimum absolute atomic E-state index is 0.213. The number of thioether (sulfide) groups is 1. The fraction of sp³-hybridized carbons (Fsp3) is 0.250. The van der Waals surface area contributed by atoms with Gasteiger partial charge in [-0.2, -0.15) is 0 Å². The molecule has 0 spiro atoms. The molecule has 27 heavy (non-hydrogen) atoms. The fourth-order valence-corrected chi connectivity index (χ4v) is 3.49. The number of hydrogen-bond donors (Lipinski definition) is 0. The maximum atomic E-state index is 12.8. The molecular formula is C20H20O6S. The van der Waals surface area contributed by atoms with Gasteiger partial charge < -0.3 is 23.7 Å². The van der Waals surface area contributed by atoms with Crippen molar-refractivity contribution in [3.8, 4) is 28.7 Å². The molecule has 7 heteroatoms. The SMILES string of the molecule is COc1cc(OC)c(/C=C/C(=O)c2cc3c(cc2OC)SCO3)c(OC)c1. The average molecular weight is 388 g/mol. The Morgan fingerprint density at radius 1 is 0.963 bits per heavy atom. The molecule has 3 rings (SSSR count). The van der Waals surface area contributed by atoms with Crippen LogP contribution < -0.4 is 23.7 Å². The van der Waals surface area contributed by atoms with E-state index in [-0.39, 0.29) is 5.78 Å². The number of benzene rings is 2. The first-order valence-electron chi connectivity index (χ1n) is 8.11. The van der Waals surface area contributed by atoms with E-state index in [1.807, 2.05) is 6.07 Å². The highest BCUT2D eigenvalue weighted by Gasteiger charge is 2.20. The smallest absolute Gasteiger partial charge is 0.189 e. The Morgan fingerprint density at radius 2 is 1.63 bits per heavy atom. The topological polar surface area (TPSA) is 63.2 Å². The first kappa shape index (κ1) is 19.0. The van der Waals surface area contributed by atoms with Crippen molar-refractivity contribution in [2.75, 3.05) is 34.4 Å². The van der Waals surface area contributed by atoms with Gasteiger partial charge in [0.1, 0.15) is 34.7 Å². The van der Waals surface area contributed by atoms with E-state index in [1.165, 1.54) is 13.2 Å². The first-order valence-corrected chi connectivity index (χ1v) is 9.09. The Kier molecular flexibility index (Phi) is 5.81. The molecule has 0 aromatic heterocycles.